The fraction of sp³-hybridized carbons (Fsp3) is 0.700. The predicted octanol–water partition coefficient (Wildman–Crippen LogP) is 0.659. The normalized spacial score (nSPS) is 20.4. The van der Waals surface area contributed by atoms with E-state index >= 15 is 0 Å². The van der Waals surface area contributed by atoms with Gasteiger partial charge in [-0.1, -0.05) is 6.92 Å². The van der Waals surface area contributed by atoms with E-state index in [-0.39, 0.29) is 16.8 Å². The molecule has 0 radical (unpaired) electrons. The van der Waals surface area contributed by atoms with E-state index in [4.69, 9.17) is 5.73 Å². The van der Waals surface area contributed by atoms with Gasteiger partial charge < -0.3 is 5.73 Å². The Bertz CT molecular complexity index is 506. The third-order valence-corrected chi connectivity index (χ3v) is 5.45. The van der Waals surface area contributed by atoms with Crippen LogP contribution in [0.2, 0.25) is 0 Å². The number of thioether (sulfide) groups is 1. The van der Waals surface area contributed by atoms with Gasteiger partial charge in [0.25, 0.3) is 0 Å². The van der Waals surface area contributed by atoms with Crippen molar-refractivity contribution in [1.29, 1.82) is 0 Å². The summed E-state index contributed by atoms with van der Waals surface area (Å²) < 4.78 is 28.6. The van der Waals surface area contributed by atoms with Crippen molar-refractivity contribution in [2.24, 2.45) is 0 Å². The van der Waals surface area contributed by atoms with Gasteiger partial charge in [-0.05, 0) is 18.6 Å². The molecule has 1 fully saturated rings. The Kier molecular flexibility index (Phi) is 4.18. The summed E-state index contributed by atoms with van der Waals surface area (Å²) in [4.78, 5) is 0.0906. The highest BCUT2D eigenvalue weighted by atomic mass is 32.2. The SMILES string of the molecule is CCCn1cc(S(=O)(=O)NC2CCSC2)c(N)n1. The fourth-order valence-electron chi connectivity index (χ4n) is 1.88. The lowest BCUT2D eigenvalue weighted by Crippen LogP contribution is -2.34. The summed E-state index contributed by atoms with van der Waals surface area (Å²) in [7, 11) is -3.54. The Morgan fingerprint density at radius 1 is 1.67 bits per heavy atom. The fourth-order valence-corrected chi connectivity index (χ4v) is 4.48. The summed E-state index contributed by atoms with van der Waals surface area (Å²) in [5.74, 6) is 1.89. The van der Waals surface area contributed by atoms with E-state index in [1.165, 1.54) is 6.20 Å². The van der Waals surface area contributed by atoms with Gasteiger partial charge in [-0.15, -0.1) is 0 Å². The molecule has 8 heteroatoms. The van der Waals surface area contributed by atoms with Crippen LogP contribution in [0.5, 0.6) is 0 Å². The van der Waals surface area contributed by atoms with Crippen LogP contribution in [0.25, 0.3) is 0 Å². The molecule has 18 heavy (non-hydrogen) atoms. The van der Waals surface area contributed by atoms with Crippen LogP contribution in [0.3, 0.4) is 0 Å². The molecule has 0 saturated carbocycles. The lowest BCUT2D eigenvalue weighted by atomic mass is 10.3. The van der Waals surface area contributed by atoms with Gasteiger partial charge in [0, 0.05) is 24.5 Å². The number of aromatic nitrogens is 2. The highest BCUT2D eigenvalue weighted by Crippen LogP contribution is 2.21. The average molecular weight is 290 g/mol. The van der Waals surface area contributed by atoms with Gasteiger partial charge in [-0.2, -0.15) is 16.9 Å². The molecule has 3 N–H and O–H groups in total. The zero-order chi connectivity index (χ0) is 13.2. The van der Waals surface area contributed by atoms with E-state index in [1.54, 1.807) is 16.4 Å². The third kappa shape index (κ3) is 2.99. The number of sulfonamides is 1. The summed E-state index contributed by atoms with van der Waals surface area (Å²) >= 11 is 1.76. The second-order valence-electron chi connectivity index (χ2n) is 4.32. The number of nitrogens with one attached hydrogen (secondary N) is 1. The van der Waals surface area contributed by atoms with Gasteiger partial charge in [-0.3, -0.25) is 4.68 Å². The molecular formula is C10H18N4O2S2. The van der Waals surface area contributed by atoms with Crippen LogP contribution in [-0.4, -0.2) is 35.7 Å². The number of aryl methyl sites for hydroxylation is 1. The number of hydrogen-bond donors (Lipinski definition) is 2. The second-order valence-corrected chi connectivity index (χ2v) is 7.16. The van der Waals surface area contributed by atoms with Crippen molar-refractivity contribution in [2.45, 2.75) is 37.2 Å². The average Bonchev–Trinajstić information content (AvgIpc) is 2.88. The first-order valence-corrected chi connectivity index (χ1v) is 8.59. The van der Waals surface area contributed by atoms with Crippen LogP contribution >= 0.6 is 11.8 Å². The summed E-state index contributed by atoms with van der Waals surface area (Å²) in [5.41, 5.74) is 5.68. The van der Waals surface area contributed by atoms with Crippen LogP contribution in [-0.2, 0) is 16.6 Å². The minimum absolute atomic E-state index is 0.00826. The van der Waals surface area contributed by atoms with E-state index in [9.17, 15) is 8.42 Å². The molecule has 2 heterocycles. The van der Waals surface area contributed by atoms with Gasteiger partial charge in [0.1, 0.15) is 4.90 Å². The molecule has 1 unspecified atom stereocenters. The Morgan fingerprint density at radius 3 is 3.06 bits per heavy atom. The molecule has 0 amide bonds. The molecular weight excluding hydrogens is 272 g/mol. The molecule has 1 atom stereocenters. The molecule has 102 valence electrons. The summed E-state index contributed by atoms with van der Waals surface area (Å²) in [6.07, 6.45) is 3.25. The number of anilines is 1. The molecule has 1 aliphatic heterocycles. The minimum Gasteiger partial charge on any atom is -0.381 e. The topological polar surface area (TPSA) is 90.0 Å². The van der Waals surface area contributed by atoms with Crippen molar-refractivity contribution in [3.05, 3.63) is 6.20 Å². The summed E-state index contributed by atoms with van der Waals surface area (Å²) in [5, 5.41) is 4.01. The summed E-state index contributed by atoms with van der Waals surface area (Å²) in [6.45, 7) is 2.67. The first kappa shape index (κ1) is 13.7. The molecule has 0 spiro atoms. The minimum atomic E-state index is -3.54. The van der Waals surface area contributed by atoms with Crippen LogP contribution in [0.4, 0.5) is 5.82 Å². The Balaban J connectivity index is 2.17. The van der Waals surface area contributed by atoms with E-state index < -0.39 is 10.0 Å². The zero-order valence-corrected chi connectivity index (χ0v) is 11.9. The van der Waals surface area contributed by atoms with Crippen molar-refractivity contribution in [2.75, 3.05) is 17.2 Å². The van der Waals surface area contributed by atoms with Gasteiger partial charge in [0.05, 0.1) is 0 Å². The first-order valence-electron chi connectivity index (χ1n) is 5.96. The number of nitrogen functional groups attached to an aromatic ring is 1. The second kappa shape index (κ2) is 5.50. The van der Waals surface area contributed by atoms with Gasteiger partial charge >= 0.3 is 0 Å². The standard InChI is InChI=1S/C10H18N4O2S2/c1-2-4-14-6-9(10(11)12-14)18(15,16)13-8-3-5-17-7-8/h6,8,13H,2-5,7H2,1H3,(H2,11,12). The number of rotatable bonds is 5. The quantitative estimate of drug-likeness (QED) is 0.831. The summed E-state index contributed by atoms with van der Waals surface area (Å²) in [6, 6.07) is 0.00826. The molecule has 1 saturated heterocycles. The van der Waals surface area contributed by atoms with Crippen molar-refractivity contribution >= 4 is 27.6 Å². The third-order valence-electron chi connectivity index (χ3n) is 2.75. The molecule has 1 aromatic rings. The van der Waals surface area contributed by atoms with E-state index in [0.29, 0.717) is 6.54 Å². The number of nitrogens with two attached hydrogens (primary N) is 1. The Labute approximate surface area is 111 Å². The molecule has 2 rings (SSSR count). The maximum Gasteiger partial charge on any atom is 0.246 e. The lowest BCUT2D eigenvalue weighted by Gasteiger charge is -2.10. The molecule has 1 aliphatic rings. The van der Waals surface area contributed by atoms with Gasteiger partial charge in [0.15, 0.2) is 5.82 Å². The lowest BCUT2D eigenvalue weighted by molar-refractivity contribution is 0.562. The van der Waals surface area contributed by atoms with Crippen LogP contribution in [0.15, 0.2) is 11.1 Å². The van der Waals surface area contributed by atoms with Crippen molar-refractivity contribution < 1.29 is 8.42 Å². The van der Waals surface area contributed by atoms with E-state index in [1.807, 2.05) is 6.92 Å². The Morgan fingerprint density at radius 2 is 2.44 bits per heavy atom. The van der Waals surface area contributed by atoms with E-state index in [2.05, 4.69) is 9.82 Å². The molecule has 6 nitrogen and oxygen atoms in total. The molecule has 0 bridgehead atoms. The van der Waals surface area contributed by atoms with Gasteiger partial charge in [-0.25, -0.2) is 13.1 Å². The molecule has 1 aromatic heterocycles. The monoisotopic (exact) mass is 290 g/mol. The van der Waals surface area contributed by atoms with Crippen molar-refractivity contribution in [3.8, 4) is 0 Å². The van der Waals surface area contributed by atoms with Crippen molar-refractivity contribution in [3.63, 3.8) is 0 Å². The largest absolute Gasteiger partial charge is 0.381 e. The van der Waals surface area contributed by atoms with Gasteiger partial charge in [0.2, 0.25) is 10.0 Å². The maximum absolute atomic E-state index is 12.2. The van der Waals surface area contributed by atoms with Crippen LogP contribution in [0, 0.1) is 0 Å². The molecule has 0 aliphatic carbocycles. The van der Waals surface area contributed by atoms with E-state index in [0.717, 1.165) is 24.3 Å². The first-order chi connectivity index (χ1) is 8.53. The highest BCUT2D eigenvalue weighted by molar-refractivity contribution is 7.99. The predicted molar refractivity (Wildman–Crippen MR) is 73.0 cm³/mol. The smallest absolute Gasteiger partial charge is 0.246 e. The van der Waals surface area contributed by atoms with Crippen molar-refractivity contribution in [1.82, 2.24) is 14.5 Å². The maximum atomic E-state index is 12.2. The zero-order valence-electron chi connectivity index (χ0n) is 10.3. The van der Waals surface area contributed by atoms with Crippen LogP contribution in [0.1, 0.15) is 19.8 Å². The molecule has 0 aromatic carbocycles. The van der Waals surface area contributed by atoms with Crippen LogP contribution < -0.4 is 10.5 Å². The number of nitrogens with zero attached hydrogens (tertiary/aromatic N) is 2. The Hall–Kier alpha value is -0.730. The highest BCUT2D eigenvalue weighted by Gasteiger charge is 2.26. The number of hydrogen-bond acceptors (Lipinski definition) is 5.